The monoisotopic (exact) mass is 306 g/mol. The van der Waals surface area contributed by atoms with E-state index in [9.17, 15) is 27.2 Å². The number of hydrogen-bond acceptors (Lipinski definition) is 2. The number of carbonyl (C=O) groups excluding carboxylic acids is 1. The van der Waals surface area contributed by atoms with Crippen molar-refractivity contribution in [2.75, 3.05) is 5.32 Å². The van der Waals surface area contributed by atoms with Crippen molar-refractivity contribution in [3.05, 3.63) is 29.6 Å². The lowest BCUT2D eigenvalue weighted by Crippen LogP contribution is -2.49. The quantitative estimate of drug-likeness (QED) is 0.751. The molecule has 9 heteroatoms. The second-order valence-electron chi connectivity index (χ2n) is 4.66. The fraction of sp³-hybridized carbons (Fsp3) is 0.333. The molecule has 0 spiro atoms. The van der Waals surface area contributed by atoms with Gasteiger partial charge in [-0.05, 0) is 31.0 Å². The number of hydrogen-bond donors (Lipinski definition) is 3. The van der Waals surface area contributed by atoms with Gasteiger partial charge in [-0.2, -0.15) is 13.2 Å². The first-order chi connectivity index (χ1) is 9.64. The lowest BCUT2D eigenvalue weighted by atomic mass is 10.2. The first-order valence-electron chi connectivity index (χ1n) is 5.83. The largest absolute Gasteiger partial charge is 0.478 e. The number of halogens is 4. The number of carboxylic acid groups (broad SMARTS) is 1. The molecule has 0 aliphatic heterocycles. The number of alkyl halides is 3. The van der Waals surface area contributed by atoms with Crippen molar-refractivity contribution in [3.8, 4) is 0 Å². The number of nitrogens with one attached hydrogen (secondary N) is 2. The van der Waals surface area contributed by atoms with E-state index >= 15 is 0 Å². The number of carbonyl (C=O) groups is 2. The smallest absolute Gasteiger partial charge is 0.411 e. The molecule has 1 fully saturated rings. The first-order valence-corrected chi connectivity index (χ1v) is 5.83. The Morgan fingerprint density at radius 2 is 1.86 bits per heavy atom. The van der Waals surface area contributed by atoms with Gasteiger partial charge < -0.3 is 15.7 Å². The van der Waals surface area contributed by atoms with Gasteiger partial charge in [0.15, 0.2) is 0 Å². The normalized spacial score (nSPS) is 16.2. The second kappa shape index (κ2) is 4.90. The zero-order valence-corrected chi connectivity index (χ0v) is 10.4. The van der Waals surface area contributed by atoms with Crippen LogP contribution in [-0.2, 0) is 0 Å². The van der Waals surface area contributed by atoms with Gasteiger partial charge in [0.25, 0.3) is 0 Å². The van der Waals surface area contributed by atoms with Crippen LogP contribution in [0.2, 0.25) is 0 Å². The van der Waals surface area contributed by atoms with E-state index in [4.69, 9.17) is 5.11 Å². The van der Waals surface area contributed by atoms with Crippen molar-refractivity contribution in [2.45, 2.75) is 24.6 Å². The van der Waals surface area contributed by atoms with Gasteiger partial charge in [-0.1, -0.05) is 0 Å². The summed E-state index contributed by atoms with van der Waals surface area (Å²) in [7, 11) is 0. The molecule has 1 aliphatic rings. The van der Waals surface area contributed by atoms with E-state index in [1.165, 1.54) is 0 Å². The summed E-state index contributed by atoms with van der Waals surface area (Å²) >= 11 is 0. The predicted octanol–water partition coefficient (Wildman–Crippen LogP) is 2.74. The molecule has 1 aromatic rings. The topological polar surface area (TPSA) is 78.4 Å². The molecule has 21 heavy (non-hydrogen) atoms. The zero-order chi connectivity index (χ0) is 15.8. The molecule has 0 heterocycles. The van der Waals surface area contributed by atoms with Gasteiger partial charge in [0.05, 0.1) is 11.3 Å². The molecule has 0 atom stereocenters. The Morgan fingerprint density at radius 1 is 1.24 bits per heavy atom. The fourth-order valence-corrected chi connectivity index (χ4v) is 1.72. The van der Waals surface area contributed by atoms with E-state index in [1.54, 1.807) is 5.32 Å². The van der Waals surface area contributed by atoms with E-state index in [0.717, 1.165) is 12.1 Å². The molecule has 1 saturated carbocycles. The number of urea groups is 1. The summed E-state index contributed by atoms with van der Waals surface area (Å²) in [6.45, 7) is 0. The highest BCUT2D eigenvalue weighted by Crippen LogP contribution is 2.48. The highest BCUT2D eigenvalue weighted by molar-refractivity contribution is 5.92. The standard InChI is InChI=1S/C12H10F4N2O3/c13-7-5-6(9(19)20)1-2-8(7)17-10(21)18-11(3-4-11)12(14,15)16/h1-2,5H,3-4H2,(H,19,20)(H2,17,18,21). The van der Waals surface area contributed by atoms with Gasteiger partial charge >= 0.3 is 18.2 Å². The Labute approximate surface area is 115 Å². The molecular formula is C12H10F4N2O3. The van der Waals surface area contributed by atoms with Crippen molar-refractivity contribution < 1.29 is 32.3 Å². The average molecular weight is 306 g/mol. The molecule has 1 aliphatic carbocycles. The van der Waals surface area contributed by atoms with Crippen molar-refractivity contribution >= 4 is 17.7 Å². The van der Waals surface area contributed by atoms with Crippen LogP contribution < -0.4 is 10.6 Å². The molecular weight excluding hydrogens is 296 g/mol. The van der Waals surface area contributed by atoms with Gasteiger partial charge in [0.2, 0.25) is 0 Å². The summed E-state index contributed by atoms with van der Waals surface area (Å²) in [5.74, 6) is -2.42. The van der Waals surface area contributed by atoms with Crippen LogP contribution >= 0.6 is 0 Å². The number of anilines is 1. The van der Waals surface area contributed by atoms with Crippen molar-refractivity contribution in [3.63, 3.8) is 0 Å². The molecule has 0 unspecified atom stereocenters. The lowest BCUT2D eigenvalue weighted by Gasteiger charge is -2.21. The Balaban J connectivity index is 2.06. The number of rotatable bonds is 3. The van der Waals surface area contributed by atoms with E-state index in [1.807, 2.05) is 5.32 Å². The third-order valence-corrected chi connectivity index (χ3v) is 3.11. The van der Waals surface area contributed by atoms with E-state index < -0.39 is 35.2 Å². The minimum atomic E-state index is -4.57. The number of aromatic carboxylic acids is 1. The number of carboxylic acids is 1. The summed E-state index contributed by atoms with van der Waals surface area (Å²) < 4.78 is 51.4. The molecule has 0 radical (unpaired) electrons. The minimum Gasteiger partial charge on any atom is -0.478 e. The summed E-state index contributed by atoms with van der Waals surface area (Å²) in [6.07, 6.45) is -5.04. The van der Waals surface area contributed by atoms with Crippen LogP contribution in [0.15, 0.2) is 18.2 Å². The molecule has 3 N–H and O–H groups in total. The molecule has 114 valence electrons. The summed E-state index contributed by atoms with van der Waals surface area (Å²) in [4.78, 5) is 22.1. The van der Waals surface area contributed by atoms with Crippen LogP contribution in [0.4, 0.5) is 28.0 Å². The Bertz CT molecular complexity index is 597. The van der Waals surface area contributed by atoms with Crippen LogP contribution in [-0.4, -0.2) is 28.8 Å². The second-order valence-corrected chi connectivity index (χ2v) is 4.66. The van der Waals surface area contributed by atoms with Crippen LogP contribution in [0.25, 0.3) is 0 Å². The van der Waals surface area contributed by atoms with Crippen LogP contribution in [0.5, 0.6) is 0 Å². The van der Waals surface area contributed by atoms with Gasteiger partial charge in [0.1, 0.15) is 11.4 Å². The van der Waals surface area contributed by atoms with Crippen molar-refractivity contribution in [1.82, 2.24) is 5.32 Å². The minimum absolute atomic E-state index is 0.232. The van der Waals surface area contributed by atoms with E-state index in [0.29, 0.717) is 6.07 Å². The molecule has 2 rings (SSSR count). The van der Waals surface area contributed by atoms with Crippen molar-refractivity contribution in [1.29, 1.82) is 0 Å². The number of benzene rings is 1. The van der Waals surface area contributed by atoms with Crippen molar-refractivity contribution in [2.24, 2.45) is 0 Å². The molecule has 2 amide bonds. The average Bonchev–Trinajstić information content (AvgIpc) is 3.11. The van der Waals surface area contributed by atoms with Crippen LogP contribution in [0.1, 0.15) is 23.2 Å². The van der Waals surface area contributed by atoms with Gasteiger partial charge in [-0.3, -0.25) is 0 Å². The Morgan fingerprint density at radius 3 is 2.29 bits per heavy atom. The maximum absolute atomic E-state index is 13.5. The van der Waals surface area contributed by atoms with E-state index in [-0.39, 0.29) is 18.4 Å². The zero-order valence-electron chi connectivity index (χ0n) is 10.4. The third kappa shape index (κ3) is 3.06. The highest BCUT2D eigenvalue weighted by Gasteiger charge is 2.64. The summed E-state index contributed by atoms with van der Waals surface area (Å²) in [6, 6.07) is 1.45. The maximum Gasteiger partial charge on any atom is 0.411 e. The first kappa shape index (κ1) is 15.1. The summed E-state index contributed by atoms with van der Waals surface area (Å²) in [5, 5.41) is 12.3. The molecule has 0 saturated heterocycles. The van der Waals surface area contributed by atoms with Crippen LogP contribution in [0, 0.1) is 5.82 Å². The maximum atomic E-state index is 13.5. The Kier molecular flexibility index (Phi) is 3.52. The van der Waals surface area contributed by atoms with Crippen LogP contribution in [0.3, 0.4) is 0 Å². The fourth-order valence-electron chi connectivity index (χ4n) is 1.72. The molecule has 5 nitrogen and oxygen atoms in total. The molecule has 1 aromatic carbocycles. The van der Waals surface area contributed by atoms with Gasteiger partial charge in [0, 0.05) is 0 Å². The van der Waals surface area contributed by atoms with Gasteiger partial charge in [-0.15, -0.1) is 0 Å². The van der Waals surface area contributed by atoms with Gasteiger partial charge in [-0.25, -0.2) is 14.0 Å². The molecule has 0 aromatic heterocycles. The third-order valence-electron chi connectivity index (χ3n) is 3.11. The Hall–Kier alpha value is -2.32. The SMILES string of the molecule is O=C(Nc1ccc(C(=O)O)cc1F)NC1(C(F)(F)F)CC1. The summed E-state index contributed by atoms with van der Waals surface area (Å²) in [5.41, 5.74) is -3.00. The van der Waals surface area contributed by atoms with E-state index in [2.05, 4.69) is 0 Å². The lowest BCUT2D eigenvalue weighted by molar-refractivity contribution is -0.162. The predicted molar refractivity (Wildman–Crippen MR) is 63.5 cm³/mol. The number of amides is 2. The molecule has 0 bridgehead atoms. The highest BCUT2D eigenvalue weighted by atomic mass is 19.4.